The van der Waals surface area contributed by atoms with E-state index >= 15 is 0 Å². The van der Waals surface area contributed by atoms with Crippen LogP contribution in [-0.4, -0.2) is 33.5 Å². The fraction of sp³-hybridized carbons (Fsp3) is 0.462. The van der Waals surface area contributed by atoms with Crippen LogP contribution in [0.4, 0.5) is 5.82 Å². The van der Waals surface area contributed by atoms with E-state index in [1.54, 1.807) is 6.33 Å². The van der Waals surface area contributed by atoms with Crippen molar-refractivity contribution in [2.45, 2.75) is 18.9 Å². The zero-order valence-corrected chi connectivity index (χ0v) is 11.1. The number of amides is 1. The molecule has 2 N–H and O–H groups in total. The Balaban J connectivity index is 1.87. The molecule has 1 aliphatic carbocycles. The van der Waals surface area contributed by atoms with E-state index < -0.39 is 0 Å². The summed E-state index contributed by atoms with van der Waals surface area (Å²) in [4.78, 5) is 21.9. The molecule has 0 bridgehead atoms. The van der Waals surface area contributed by atoms with Gasteiger partial charge in [-0.1, -0.05) is 0 Å². The van der Waals surface area contributed by atoms with Crippen LogP contribution in [0.25, 0.3) is 11.0 Å². The predicted octanol–water partition coefficient (Wildman–Crippen LogP) is 0.668. The average molecular weight is 259 g/mol. The minimum absolute atomic E-state index is 0.0144. The van der Waals surface area contributed by atoms with Crippen molar-refractivity contribution in [3.8, 4) is 0 Å². The molecule has 1 saturated carbocycles. The molecule has 0 aliphatic heterocycles. The van der Waals surface area contributed by atoms with Crippen molar-refractivity contribution >= 4 is 22.8 Å². The summed E-state index contributed by atoms with van der Waals surface area (Å²) in [5.74, 6) is 0.733. The SMILES string of the molecule is CN(c1ncnc2c1ccn2C)C1CC(C(N)=O)C1. The summed E-state index contributed by atoms with van der Waals surface area (Å²) in [5, 5.41) is 1.04. The molecule has 2 heterocycles. The summed E-state index contributed by atoms with van der Waals surface area (Å²) >= 11 is 0. The van der Waals surface area contributed by atoms with Gasteiger partial charge in [-0.15, -0.1) is 0 Å². The highest BCUT2D eigenvalue weighted by Gasteiger charge is 2.36. The van der Waals surface area contributed by atoms with Gasteiger partial charge >= 0.3 is 0 Å². The van der Waals surface area contributed by atoms with Crippen LogP contribution in [0.15, 0.2) is 18.6 Å². The van der Waals surface area contributed by atoms with Crippen molar-refractivity contribution in [2.24, 2.45) is 18.7 Å². The second-order valence-corrected chi connectivity index (χ2v) is 5.20. The fourth-order valence-corrected chi connectivity index (χ4v) is 2.65. The third-order valence-electron chi connectivity index (χ3n) is 4.04. The fourth-order valence-electron chi connectivity index (χ4n) is 2.65. The maximum atomic E-state index is 11.1. The Morgan fingerprint density at radius 3 is 2.89 bits per heavy atom. The molecule has 0 saturated heterocycles. The van der Waals surface area contributed by atoms with Gasteiger partial charge < -0.3 is 15.2 Å². The number of fused-ring (bicyclic) bond motifs is 1. The summed E-state index contributed by atoms with van der Waals surface area (Å²) in [5.41, 5.74) is 6.23. The molecule has 2 aromatic rings. The molecule has 0 spiro atoms. The maximum absolute atomic E-state index is 11.1. The number of carbonyl (C=O) groups excluding carboxylic acids is 1. The van der Waals surface area contributed by atoms with Crippen molar-refractivity contribution in [1.29, 1.82) is 0 Å². The van der Waals surface area contributed by atoms with Gasteiger partial charge in [-0.25, -0.2) is 9.97 Å². The van der Waals surface area contributed by atoms with E-state index in [1.165, 1.54) is 0 Å². The van der Waals surface area contributed by atoms with Crippen LogP contribution in [0.3, 0.4) is 0 Å². The molecule has 1 fully saturated rings. The van der Waals surface area contributed by atoms with Crippen LogP contribution >= 0.6 is 0 Å². The molecule has 0 aromatic carbocycles. The van der Waals surface area contributed by atoms with E-state index in [4.69, 9.17) is 5.73 Å². The van der Waals surface area contributed by atoms with Crippen LogP contribution in [0.2, 0.25) is 0 Å². The van der Waals surface area contributed by atoms with E-state index in [0.717, 1.165) is 29.7 Å². The molecule has 19 heavy (non-hydrogen) atoms. The topological polar surface area (TPSA) is 77.0 Å². The molecule has 6 nitrogen and oxygen atoms in total. The number of aryl methyl sites for hydroxylation is 1. The van der Waals surface area contributed by atoms with E-state index in [1.807, 2.05) is 30.9 Å². The largest absolute Gasteiger partial charge is 0.369 e. The average Bonchev–Trinajstić information content (AvgIpc) is 2.69. The van der Waals surface area contributed by atoms with E-state index in [-0.39, 0.29) is 11.8 Å². The molecule has 0 atom stereocenters. The quantitative estimate of drug-likeness (QED) is 0.878. The highest BCUT2D eigenvalue weighted by Crippen LogP contribution is 2.34. The van der Waals surface area contributed by atoms with Gasteiger partial charge in [0.2, 0.25) is 5.91 Å². The number of anilines is 1. The lowest BCUT2D eigenvalue weighted by Gasteiger charge is -2.40. The van der Waals surface area contributed by atoms with Gasteiger partial charge in [-0.3, -0.25) is 4.79 Å². The molecule has 1 aliphatic rings. The smallest absolute Gasteiger partial charge is 0.220 e. The van der Waals surface area contributed by atoms with Crippen LogP contribution < -0.4 is 10.6 Å². The Morgan fingerprint density at radius 1 is 1.47 bits per heavy atom. The van der Waals surface area contributed by atoms with E-state index in [9.17, 15) is 4.79 Å². The first-order valence-electron chi connectivity index (χ1n) is 6.36. The summed E-state index contributed by atoms with van der Waals surface area (Å²) < 4.78 is 1.97. The van der Waals surface area contributed by atoms with Crippen molar-refractivity contribution in [3.63, 3.8) is 0 Å². The Bertz CT molecular complexity index is 629. The van der Waals surface area contributed by atoms with Crippen LogP contribution in [-0.2, 0) is 11.8 Å². The standard InChI is InChI=1S/C13H17N5O/c1-17-4-3-10-12(17)15-7-16-13(10)18(2)9-5-8(6-9)11(14)19/h3-4,7-9H,5-6H2,1-2H3,(H2,14,19). The zero-order valence-electron chi connectivity index (χ0n) is 11.1. The van der Waals surface area contributed by atoms with Gasteiger partial charge in [0, 0.05) is 32.3 Å². The first kappa shape index (κ1) is 12.0. The first-order chi connectivity index (χ1) is 9.08. The summed E-state index contributed by atoms with van der Waals surface area (Å²) in [6, 6.07) is 2.35. The van der Waals surface area contributed by atoms with Gasteiger partial charge in [0.05, 0.1) is 5.39 Å². The molecule has 0 unspecified atom stereocenters. The van der Waals surface area contributed by atoms with Crippen molar-refractivity contribution in [3.05, 3.63) is 18.6 Å². The van der Waals surface area contributed by atoms with Crippen molar-refractivity contribution in [2.75, 3.05) is 11.9 Å². The van der Waals surface area contributed by atoms with Crippen LogP contribution in [0.5, 0.6) is 0 Å². The molecule has 100 valence electrons. The number of nitrogens with zero attached hydrogens (tertiary/aromatic N) is 4. The van der Waals surface area contributed by atoms with E-state index in [2.05, 4.69) is 14.9 Å². The maximum Gasteiger partial charge on any atom is 0.220 e. The predicted molar refractivity (Wildman–Crippen MR) is 72.6 cm³/mol. The number of hydrogen-bond acceptors (Lipinski definition) is 4. The Kier molecular flexibility index (Phi) is 2.66. The summed E-state index contributed by atoms with van der Waals surface area (Å²) in [7, 11) is 3.97. The Labute approximate surface area is 111 Å². The normalized spacial score (nSPS) is 22.2. The number of rotatable bonds is 3. The van der Waals surface area contributed by atoms with Gasteiger partial charge in [-0.05, 0) is 18.9 Å². The number of nitrogens with two attached hydrogens (primary N) is 1. The van der Waals surface area contributed by atoms with Gasteiger partial charge in [-0.2, -0.15) is 0 Å². The lowest BCUT2D eigenvalue weighted by Crippen LogP contribution is -2.47. The van der Waals surface area contributed by atoms with Crippen molar-refractivity contribution < 1.29 is 4.79 Å². The first-order valence-corrected chi connectivity index (χ1v) is 6.36. The molecular weight excluding hydrogens is 242 g/mol. The Morgan fingerprint density at radius 2 is 2.21 bits per heavy atom. The number of aromatic nitrogens is 3. The lowest BCUT2D eigenvalue weighted by atomic mass is 9.79. The third kappa shape index (κ3) is 1.83. The number of hydrogen-bond donors (Lipinski definition) is 1. The van der Waals surface area contributed by atoms with Gasteiger partial charge in [0.25, 0.3) is 0 Å². The van der Waals surface area contributed by atoms with Crippen LogP contribution in [0, 0.1) is 5.92 Å². The lowest BCUT2D eigenvalue weighted by molar-refractivity contribution is -0.124. The molecule has 2 aromatic heterocycles. The minimum Gasteiger partial charge on any atom is -0.369 e. The highest BCUT2D eigenvalue weighted by molar-refractivity contribution is 5.88. The second kappa shape index (κ2) is 4.22. The molecule has 6 heteroatoms. The monoisotopic (exact) mass is 259 g/mol. The summed E-state index contributed by atoms with van der Waals surface area (Å²) in [6.45, 7) is 0. The van der Waals surface area contributed by atoms with E-state index in [0.29, 0.717) is 6.04 Å². The third-order valence-corrected chi connectivity index (χ3v) is 4.04. The molecule has 3 rings (SSSR count). The van der Waals surface area contributed by atoms with Gasteiger partial charge in [0.15, 0.2) is 0 Å². The zero-order chi connectivity index (χ0) is 13.6. The second-order valence-electron chi connectivity index (χ2n) is 5.20. The number of primary amides is 1. The minimum atomic E-state index is -0.197. The summed E-state index contributed by atoms with van der Waals surface area (Å²) in [6.07, 6.45) is 5.18. The highest BCUT2D eigenvalue weighted by atomic mass is 16.1. The number of carbonyl (C=O) groups is 1. The van der Waals surface area contributed by atoms with Crippen molar-refractivity contribution in [1.82, 2.24) is 14.5 Å². The Hall–Kier alpha value is -2.11. The molecule has 1 amide bonds. The van der Waals surface area contributed by atoms with Gasteiger partial charge in [0.1, 0.15) is 17.8 Å². The molecular formula is C13H17N5O. The molecule has 0 radical (unpaired) electrons. The van der Waals surface area contributed by atoms with Crippen LogP contribution in [0.1, 0.15) is 12.8 Å².